The highest BCUT2D eigenvalue weighted by Gasteiger charge is 2.21. The van der Waals surface area contributed by atoms with E-state index in [1.54, 1.807) is 0 Å². The maximum atomic E-state index is 12.4. The first-order valence-corrected chi connectivity index (χ1v) is 8.00. The standard InChI is InChI=1S/C18H23N3O/c1-3-17-11(2)16(10-20-17)18(22)21-15-7-5-12-8-14(19)6-4-13(12)9-15/h5,7,9,14H,3-4,6,8,10,19H2,1-2H3,(H,21,22)/t14-/m0/s1. The third-order valence-corrected chi connectivity index (χ3v) is 4.65. The molecule has 1 aromatic carbocycles. The van der Waals surface area contributed by atoms with Gasteiger partial charge in [-0.05, 0) is 61.4 Å². The minimum atomic E-state index is -0.0304. The molecule has 2 aliphatic rings. The maximum absolute atomic E-state index is 12.4. The number of nitrogens with two attached hydrogens (primary N) is 1. The Morgan fingerprint density at radius 3 is 2.95 bits per heavy atom. The molecular weight excluding hydrogens is 274 g/mol. The van der Waals surface area contributed by atoms with Crippen molar-refractivity contribution in [2.75, 3.05) is 11.9 Å². The molecule has 0 fully saturated rings. The van der Waals surface area contributed by atoms with E-state index in [2.05, 4.69) is 29.4 Å². The molecule has 4 heteroatoms. The second-order valence-corrected chi connectivity index (χ2v) is 6.16. The zero-order valence-electron chi connectivity index (χ0n) is 13.3. The highest BCUT2D eigenvalue weighted by Crippen LogP contribution is 2.25. The molecule has 1 atom stereocenters. The number of fused-ring (bicyclic) bond motifs is 1. The van der Waals surface area contributed by atoms with Gasteiger partial charge in [-0.25, -0.2) is 0 Å². The van der Waals surface area contributed by atoms with Gasteiger partial charge in [0.2, 0.25) is 0 Å². The van der Waals surface area contributed by atoms with Gasteiger partial charge in [0.25, 0.3) is 5.91 Å². The maximum Gasteiger partial charge on any atom is 0.253 e. The summed E-state index contributed by atoms with van der Waals surface area (Å²) in [6.07, 6.45) is 3.82. The number of hydrogen-bond donors (Lipinski definition) is 2. The fourth-order valence-electron chi connectivity index (χ4n) is 3.27. The Balaban J connectivity index is 1.74. The first-order valence-electron chi connectivity index (χ1n) is 8.00. The van der Waals surface area contributed by atoms with E-state index < -0.39 is 0 Å². The molecule has 1 aliphatic heterocycles. The summed E-state index contributed by atoms with van der Waals surface area (Å²) in [5.74, 6) is -0.0304. The molecule has 3 N–H and O–H groups in total. The van der Waals surface area contributed by atoms with Crippen LogP contribution >= 0.6 is 0 Å². The van der Waals surface area contributed by atoms with Gasteiger partial charge in [-0.3, -0.25) is 9.79 Å². The van der Waals surface area contributed by atoms with Crippen LogP contribution < -0.4 is 11.1 Å². The molecule has 4 nitrogen and oxygen atoms in total. The van der Waals surface area contributed by atoms with Crippen LogP contribution in [0.1, 0.15) is 37.8 Å². The Morgan fingerprint density at radius 2 is 2.23 bits per heavy atom. The van der Waals surface area contributed by atoms with E-state index in [1.165, 1.54) is 11.1 Å². The quantitative estimate of drug-likeness (QED) is 0.900. The monoisotopic (exact) mass is 297 g/mol. The SMILES string of the molecule is CCC1=NCC(C(=O)Nc2ccc3c(c2)CC[C@H](N)C3)=C1C. The minimum Gasteiger partial charge on any atom is -0.327 e. The van der Waals surface area contributed by atoms with Crippen LogP contribution in [-0.4, -0.2) is 24.2 Å². The summed E-state index contributed by atoms with van der Waals surface area (Å²) in [5, 5.41) is 3.02. The molecular formula is C18H23N3O. The van der Waals surface area contributed by atoms with E-state index in [0.717, 1.165) is 48.2 Å². The second kappa shape index (κ2) is 6.05. The van der Waals surface area contributed by atoms with Crippen LogP contribution in [0.15, 0.2) is 34.3 Å². The lowest BCUT2D eigenvalue weighted by Crippen LogP contribution is -2.28. The molecule has 1 aliphatic carbocycles. The van der Waals surface area contributed by atoms with Crippen LogP contribution in [0.2, 0.25) is 0 Å². The number of carbonyl (C=O) groups excluding carboxylic acids is 1. The molecule has 0 unspecified atom stereocenters. The number of hydrogen-bond acceptors (Lipinski definition) is 3. The number of benzene rings is 1. The zero-order chi connectivity index (χ0) is 15.7. The van der Waals surface area contributed by atoms with Crippen LogP contribution in [0.5, 0.6) is 0 Å². The van der Waals surface area contributed by atoms with Crippen LogP contribution in [0.4, 0.5) is 5.69 Å². The number of rotatable bonds is 3. The average molecular weight is 297 g/mol. The third-order valence-electron chi connectivity index (χ3n) is 4.65. The van der Waals surface area contributed by atoms with Gasteiger partial charge in [0, 0.05) is 23.0 Å². The number of aryl methyl sites for hydroxylation is 1. The first kappa shape index (κ1) is 15.0. The minimum absolute atomic E-state index is 0.0304. The zero-order valence-corrected chi connectivity index (χ0v) is 13.3. The van der Waals surface area contributed by atoms with E-state index in [1.807, 2.05) is 13.0 Å². The molecule has 1 aromatic rings. The Hall–Kier alpha value is -1.94. The van der Waals surface area contributed by atoms with E-state index in [4.69, 9.17) is 5.73 Å². The highest BCUT2D eigenvalue weighted by atomic mass is 16.1. The predicted molar refractivity (Wildman–Crippen MR) is 90.4 cm³/mol. The molecule has 116 valence electrons. The number of nitrogens with one attached hydrogen (secondary N) is 1. The lowest BCUT2D eigenvalue weighted by molar-refractivity contribution is -0.112. The first-order chi connectivity index (χ1) is 10.6. The predicted octanol–water partition coefficient (Wildman–Crippen LogP) is 2.62. The smallest absolute Gasteiger partial charge is 0.253 e. The second-order valence-electron chi connectivity index (χ2n) is 6.16. The van der Waals surface area contributed by atoms with Crippen LogP contribution in [-0.2, 0) is 17.6 Å². The normalized spacial score (nSPS) is 20.7. The van der Waals surface area contributed by atoms with Gasteiger partial charge in [0.15, 0.2) is 0 Å². The summed E-state index contributed by atoms with van der Waals surface area (Å²) in [7, 11) is 0. The lowest BCUT2D eigenvalue weighted by Gasteiger charge is -2.22. The lowest BCUT2D eigenvalue weighted by atomic mass is 9.88. The van der Waals surface area contributed by atoms with E-state index in [0.29, 0.717) is 6.54 Å². The molecule has 0 aromatic heterocycles. The van der Waals surface area contributed by atoms with Gasteiger partial charge >= 0.3 is 0 Å². The molecule has 0 spiro atoms. The molecule has 1 amide bonds. The number of nitrogens with zero attached hydrogens (tertiary/aromatic N) is 1. The fraction of sp³-hybridized carbons (Fsp3) is 0.444. The number of amides is 1. The van der Waals surface area contributed by atoms with Crippen molar-refractivity contribution in [1.82, 2.24) is 0 Å². The van der Waals surface area contributed by atoms with Gasteiger partial charge in [0.1, 0.15) is 0 Å². The Labute approximate surface area is 131 Å². The number of carbonyl (C=O) groups is 1. The topological polar surface area (TPSA) is 67.5 Å². The third kappa shape index (κ3) is 2.83. The van der Waals surface area contributed by atoms with Crippen molar-refractivity contribution in [3.8, 4) is 0 Å². The van der Waals surface area contributed by atoms with Crippen molar-refractivity contribution in [1.29, 1.82) is 0 Å². The van der Waals surface area contributed by atoms with Crippen molar-refractivity contribution < 1.29 is 4.79 Å². The van der Waals surface area contributed by atoms with Gasteiger partial charge in [-0.15, -0.1) is 0 Å². The number of anilines is 1. The van der Waals surface area contributed by atoms with Crippen molar-refractivity contribution in [3.63, 3.8) is 0 Å². The van der Waals surface area contributed by atoms with Crippen LogP contribution in [0, 0.1) is 0 Å². The Bertz CT molecular complexity index is 673. The molecule has 1 heterocycles. The Morgan fingerprint density at radius 1 is 1.41 bits per heavy atom. The van der Waals surface area contributed by atoms with Crippen molar-refractivity contribution in [2.45, 2.75) is 45.6 Å². The Kier molecular flexibility index (Phi) is 4.12. The van der Waals surface area contributed by atoms with E-state index in [9.17, 15) is 4.79 Å². The van der Waals surface area contributed by atoms with Crippen molar-refractivity contribution in [3.05, 3.63) is 40.5 Å². The average Bonchev–Trinajstić information content (AvgIpc) is 2.88. The largest absolute Gasteiger partial charge is 0.327 e. The number of aliphatic imine (C=N–C) groups is 1. The highest BCUT2D eigenvalue weighted by molar-refractivity contribution is 6.14. The molecule has 0 radical (unpaired) electrons. The summed E-state index contributed by atoms with van der Waals surface area (Å²) in [6, 6.07) is 6.42. The van der Waals surface area contributed by atoms with E-state index >= 15 is 0 Å². The van der Waals surface area contributed by atoms with Gasteiger partial charge in [0.05, 0.1) is 6.54 Å². The summed E-state index contributed by atoms with van der Waals surface area (Å²) in [6.45, 7) is 4.55. The molecule has 0 saturated carbocycles. The molecule has 22 heavy (non-hydrogen) atoms. The molecule has 3 rings (SSSR count). The van der Waals surface area contributed by atoms with Crippen LogP contribution in [0.3, 0.4) is 0 Å². The summed E-state index contributed by atoms with van der Waals surface area (Å²) in [4.78, 5) is 16.9. The molecule has 0 bridgehead atoms. The van der Waals surface area contributed by atoms with Gasteiger partial charge < -0.3 is 11.1 Å². The van der Waals surface area contributed by atoms with Gasteiger partial charge in [-0.2, -0.15) is 0 Å². The van der Waals surface area contributed by atoms with Crippen molar-refractivity contribution in [2.24, 2.45) is 10.7 Å². The molecule has 0 saturated heterocycles. The van der Waals surface area contributed by atoms with Crippen molar-refractivity contribution >= 4 is 17.3 Å². The summed E-state index contributed by atoms with van der Waals surface area (Å²) in [5.41, 5.74) is 12.4. The number of allylic oxidation sites excluding steroid dienone is 1. The van der Waals surface area contributed by atoms with E-state index in [-0.39, 0.29) is 11.9 Å². The summed E-state index contributed by atoms with van der Waals surface area (Å²) < 4.78 is 0. The van der Waals surface area contributed by atoms with Gasteiger partial charge in [-0.1, -0.05) is 13.0 Å². The fourth-order valence-corrected chi connectivity index (χ4v) is 3.27. The van der Waals surface area contributed by atoms with Crippen LogP contribution in [0.25, 0.3) is 0 Å². The summed E-state index contributed by atoms with van der Waals surface area (Å²) >= 11 is 0.